The van der Waals surface area contributed by atoms with Gasteiger partial charge in [0.15, 0.2) is 0 Å². The fourth-order valence-corrected chi connectivity index (χ4v) is 5.64. The molecule has 10 heteroatoms. The number of anilines is 2. The number of nitrogens with two attached hydrogens (primary N) is 1. The lowest BCUT2D eigenvalue weighted by Gasteiger charge is -2.34. The van der Waals surface area contributed by atoms with Gasteiger partial charge in [0.2, 0.25) is 5.91 Å². The van der Waals surface area contributed by atoms with Crippen molar-refractivity contribution < 1.29 is 19.1 Å². The van der Waals surface area contributed by atoms with Crippen LogP contribution in [-0.4, -0.2) is 63.5 Å². The highest BCUT2D eigenvalue weighted by Gasteiger charge is 2.45. The molecule has 1 aliphatic carbocycles. The molecule has 10 nitrogen and oxygen atoms in total. The Hall–Kier alpha value is -3.69. The van der Waals surface area contributed by atoms with E-state index in [1.807, 2.05) is 43.9 Å². The Kier molecular flexibility index (Phi) is 6.98. The van der Waals surface area contributed by atoms with Gasteiger partial charge >= 0.3 is 6.09 Å². The Bertz CT molecular complexity index is 1220. The van der Waals surface area contributed by atoms with Gasteiger partial charge in [0.25, 0.3) is 5.91 Å². The van der Waals surface area contributed by atoms with Crippen LogP contribution in [-0.2, 0) is 16.0 Å². The highest BCUT2D eigenvalue weighted by molar-refractivity contribution is 5.99. The van der Waals surface area contributed by atoms with Gasteiger partial charge in [-0.05, 0) is 71.1 Å². The number of likely N-dealkylation sites (tertiary alicyclic amines) is 1. The van der Waals surface area contributed by atoms with Crippen LogP contribution in [0.15, 0.2) is 30.6 Å². The minimum absolute atomic E-state index is 0.0766. The van der Waals surface area contributed by atoms with Crippen LogP contribution in [0.1, 0.15) is 74.6 Å². The molecule has 0 spiro atoms. The van der Waals surface area contributed by atoms with Crippen LogP contribution < -0.4 is 16.0 Å². The Morgan fingerprint density at radius 3 is 2.42 bits per heavy atom. The molecule has 1 saturated carbocycles. The zero-order valence-electron chi connectivity index (χ0n) is 22.3. The number of hydrogen-bond donors (Lipinski definition) is 2. The molecule has 2 aromatic heterocycles. The number of nitrogens with zero attached hydrogens (tertiary/aromatic N) is 4. The molecule has 4 heterocycles. The summed E-state index contributed by atoms with van der Waals surface area (Å²) in [4.78, 5) is 49.7. The molecule has 2 atom stereocenters. The molecule has 2 aliphatic heterocycles. The summed E-state index contributed by atoms with van der Waals surface area (Å²) in [5.41, 5.74) is 8.47. The van der Waals surface area contributed by atoms with E-state index in [0.717, 1.165) is 49.2 Å². The molecule has 0 radical (unpaired) electrons. The van der Waals surface area contributed by atoms with Gasteiger partial charge in [-0.1, -0.05) is 0 Å². The minimum atomic E-state index is -0.551. The third-order valence-corrected chi connectivity index (χ3v) is 7.54. The molecule has 0 aromatic carbocycles. The van der Waals surface area contributed by atoms with Crippen LogP contribution in [0.5, 0.6) is 0 Å². The number of carbonyl (C=O) groups excluding carboxylic acids is 3. The van der Waals surface area contributed by atoms with Crippen molar-refractivity contribution in [1.29, 1.82) is 0 Å². The quantitative estimate of drug-likeness (QED) is 0.596. The number of pyridine rings is 2. The lowest BCUT2D eigenvalue weighted by atomic mass is 10.0. The molecule has 3 N–H and O–H groups in total. The standard InChI is InChI=1S/C28H36N6O4/c1-28(2,3)38-27(37)33-10-8-18(9-11-33)32-24-14-20(31-16-23(24)25(29)35)13-19-5-7-22(15-30-19)34-21-6-4-17(12-21)26(34)36/h5,7,14-18,21H,4,6,8-13H2,1-3H3,(H2,29,35)(H,31,32)/t17-,21+/m0/s1. The second kappa shape index (κ2) is 10.2. The van der Waals surface area contributed by atoms with Gasteiger partial charge < -0.3 is 25.6 Å². The fraction of sp³-hybridized carbons (Fsp3) is 0.536. The molecule has 38 heavy (non-hydrogen) atoms. The van der Waals surface area contributed by atoms with Crippen molar-refractivity contribution in [3.63, 3.8) is 0 Å². The maximum absolute atomic E-state index is 12.6. The van der Waals surface area contributed by atoms with Crippen LogP contribution >= 0.6 is 0 Å². The summed E-state index contributed by atoms with van der Waals surface area (Å²) < 4.78 is 5.48. The van der Waals surface area contributed by atoms with Gasteiger partial charge in [-0.15, -0.1) is 0 Å². The number of hydrogen-bond acceptors (Lipinski definition) is 7. The van der Waals surface area contributed by atoms with Crippen LogP contribution in [0.3, 0.4) is 0 Å². The first kappa shape index (κ1) is 25.9. The van der Waals surface area contributed by atoms with Crippen molar-refractivity contribution in [3.8, 4) is 0 Å². The van der Waals surface area contributed by atoms with E-state index < -0.39 is 11.5 Å². The first-order chi connectivity index (χ1) is 18.1. The number of ether oxygens (including phenoxy) is 1. The average Bonchev–Trinajstić information content (AvgIpc) is 3.46. The molecule has 0 unspecified atom stereocenters. The zero-order valence-corrected chi connectivity index (χ0v) is 22.3. The number of amides is 3. The topological polar surface area (TPSA) is 131 Å². The lowest BCUT2D eigenvalue weighted by molar-refractivity contribution is -0.121. The van der Waals surface area contributed by atoms with Crippen molar-refractivity contribution in [2.24, 2.45) is 11.7 Å². The number of carbonyl (C=O) groups is 3. The van der Waals surface area contributed by atoms with Crippen molar-refractivity contribution in [3.05, 3.63) is 47.5 Å². The smallest absolute Gasteiger partial charge is 0.410 e. The number of fused-ring (bicyclic) bond motifs is 2. The summed E-state index contributed by atoms with van der Waals surface area (Å²) in [5.74, 6) is -0.167. The first-order valence-corrected chi connectivity index (χ1v) is 13.4. The van der Waals surface area contributed by atoms with Crippen molar-refractivity contribution >= 4 is 29.3 Å². The summed E-state index contributed by atoms with van der Waals surface area (Å²) >= 11 is 0. The molecule has 2 saturated heterocycles. The van der Waals surface area contributed by atoms with E-state index in [9.17, 15) is 14.4 Å². The second-order valence-electron chi connectivity index (χ2n) is 11.5. The van der Waals surface area contributed by atoms with E-state index in [1.165, 1.54) is 6.20 Å². The lowest BCUT2D eigenvalue weighted by Crippen LogP contribution is -2.44. The Balaban J connectivity index is 1.23. The van der Waals surface area contributed by atoms with E-state index in [1.54, 1.807) is 11.1 Å². The van der Waals surface area contributed by atoms with Crippen LogP contribution in [0.4, 0.5) is 16.2 Å². The van der Waals surface area contributed by atoms with E-state index in [0.29, 0.717) is 36.8 Å². The predicted molar refractivity (Wildman–Crippen MR) is 143 cm³/mol. The summed E-state index contributed by atoms with van der Waals surface area (Å²) in [6, 6.07) is 6.10. The number of rotatable bonds is 6. The van der Waals surface area contributed by atoms with Crippen molar-refractivity contribution in [2.45, 2.75) is 77.0 Å². The van der Waals surface area contributed by atoms with Gasteiger partial charge in [0, 0.05) is 55.1 Å². The summed E-state index contributed by atoms with van der Waals surface area (Å²) in [6.07, 6.45) is 7.89. The van der Waals surface area contributed by atoms with Gasteiger partial charge in [-0.3, -0.25) is 19.6 Å². The number of nitrogens with one attached hydrogen (secondary N) is 1. The highest BCUT2D eigenvalue weighted by atomic mass is 16.6. The largest absolute Gasteiger partial charge is 0.444 e. The maximum Gasteiger partial charge on any atom is 0.410 e. The molecule has 3 amide bonds. The van der Waals surface area contributed by atoms with Gasteiger partial charge in [0.05, 0.1) is 23.1 Å². The average molecular weight is 521 g/mol. The molecular formula is C28H36N6O4. The van der Waals surface area contributed by atoms with Crippen molar-refractivity contribution in [1.82, 2.24) is 14.9 Å². The van der Waals surface area contributed by atoms with Crippen LogP contribution in [0.25, 0.3) is 0 Å². The number of primary amides is 1. The Morgan fingerprint density at radius 2 is 1.82 bits per heavy atom. The first-order valence-electron chi connectivity index (χ1n) is 13.4. The maximum atomic E-state index is 12.6. The SMILES string of the molecule is CC(C)(C)OC(=O)N1CCC(Nc2cc(Cc3ccc(N4C(=O)[C@H]5CC[C@@H]4C5)cn3)ncc2C(N)=O)CC1. The van der Waals surface area contributed by atoms with Gasteiger partial charge in [-0.2, -0.15) is 0 Å². The Labute approximate surface area is 222 Å². The van der Waals surface area contributed by atoms with Crippen LogP contribution in [0, 0.1) is 5.92 Å². The summed E-state index contributed by atoms with van der Waals surface area (Å²) in [6.45, 7) is 6.69. The third kappa shape index (κ3) is 5.58. The molecule has 3 aliphatic rings. The third-order valence-electron chi connectivity index (χ3n) is 7.54. The highest BCUT2D eigenvalue weighted by Crippen LogP contribution is 2.41. The fourth-order valence-electron chi connectivity index (χ4n) is 5.64. The molecule has 2 aromatic rings. The second-order valence-corrected chi connectivity index (χ2v) is 11.5. The van der Waals surface area contributed by atoms with Gasteiger partial charge in [0.1, 0.15) is 5.60 Å². The molecular weight excluding hydrogens is 484 g/mol. The number of aromatic nitrogens is 2. The van der Waals surface area contributed by atoms with E-state index >= 15 is 0 Å². The number of piperidine rings is 2. The van der Waals surface area contributed by atoms with E-state index in [4.69, 9.17) is 10.5 Å². The normalized spacial score (nSPS) is 21.6. The van der Waals surface area contributed by atoms with Crippen LogP contribution in [0.2, 0.25) is 0 Å². The van der Waals surface area contributed by atoms with E-state index in [-0.39, 0.29) is 24.0 Å². The van der Waals surface area contributed by atoms with Crippen molar-refractivity contribution in [2.75, 3.05) is 23.3 Å². The van der Waals surface area contributed by atoms with Gasteiger partial charge in [-0.25, -0.2) is 4.79 Å². The summed E-state index contributed by atoms with van der Waals surface area (Å²) in [5, 5.41) is 3.45. The summed E-state index contributed by atoms with van der Waals surface area (Å²) in [7, 11) is 0. The van der Waals surface area contributed by atoms with E-state index in [2.05, 4.69) is 15.3 Å². The predicted octanol–water partition coefficient (Wildman–Crippen LogP) is 3.49. The zero-order chi connectivity index (χ0) is 27.0. The molecule has 5 rings (SSSR count). The molecule has 2 bridgehead atoms. The molecule has 3 fully saturated rings. The molecule has 202 valence electrons. The minimum Gasteiger partial charge on any atom is -0.444 e. The monoisotopic (exact) mass is 520 g/mol. The Morgan fingerprint density at radius 1 is 1.08 bits per heavy atom.